The fraction of sp³-hybridized carbons (Fsp3) is 0.429. The van der Waals surface area contributed by atoms with Gasteiger partial charge in [-0.3, -0.25) is 0 Å². The van der Waals surface area contributed by atoms with Crippen LogP contribution in [0.5, 0.6) is 0 Å². The average Bonchev–Trinajstić information content (AvgIpc) is 3.38. The molecular weight excluding hydrogens is 368 g/mol. The zero-order valence-electron chi connectivity index (χ0n) is 16.2. The molecule has 0 spiro atoms. The van der Waals surface area contributed by atoms with Crippen LogP contribution < -0.4 is 10.6 Å². The Kier molecular flexibility index (Phi) is 4.43. The number of aliphatic hydroxyl groups is 1. The van der Waals surface area contributed by atoms with E-state index in [1.807, 2.05) is 4.90 Å². The van der Waals surface area contributed by atoms with Crippen molar-refractivity contribution in [1.29, 1.82) is 0 Å². The van der Waals surface area contributed by atoms with Gasteiger partial charge in [-0.25, -0.2) is 9.97 Å². The van der Waals surface area contributed by atoms with E-state index in [1.54, 1.807) is 12.4 Å². The first-order valence-corrected chi connectivity index (χ1v) is 10.1. The fourth-order valence-corrected chi connectivity index (χ4v) is 4.44. The minimum Gasteiger partial charge on any atom is -0.394 e. The van der Waals surface area contributed by atoms with Gasteiger partial charge < -0.3 is 20.3 Å². The lowest BCUT2D eigenvalue weighted by Crippen LogP contribution is -2.37. The Bertz CT molecular complexity index is 981. The number of nitrogen functional groups attached to an aromatic ring is 1. The van der Waals surface area contributed by atoms with Crippen LogP contribution in [0.25, 0.3) is 11.1 Å². The smallest absolute Gasteiger partial charge is 0.324 e. The summed E-state index contributed by atoms with van der Waals surface area (Å²) in [5, 5.41) is 13.9. The van der Waals surface area contributed by atoms with Crippen LogP contribution in [-0.4, -0.2) is 44.4 Å². The van der Waals surface area contributed by atoms with Crippen molar-refractivity contribution in [3.05, 3.63) is 48.0 Å². The zero-order valence-corrected chi connectivity index (χ0v) is 16.2. The molecule has 8 heteroatoms. The highest BCUT2D eigenvalue weighted by molar-refractivity contribution is 5.62. The number of aromatic nitrogens is 4. The zero-order chi connectivity index (χ0) is 19.8. The van der Waals surface area contributed by atoms with Gasteiger partial charge in [0.05, 0.1) is 18.1 Å². The number of hydrogen-bond donors (Lipinski definition) is 2. The maximum atomic E-state index is 9.59. The van der Waals surface area contributed by atoms with Gasteiger partial charge in [0, 0.05) is 24.5 Å². The Morgan fingerprint density at radius 3 is 2.52 bits per heavy atom. The largest absolute Gasteiger partial charge is 0.394 e. The molecule has 0 amide bonds. The lowest BCUT2D eigenvalue weighted by molar-refractivity contribution is 0.259. The summed E-state index contributed by atoms with van der Waals surface area (Å²) in [6.07, 6.45) is 8.59. The van der Waals surface area contributed by atoms with Crippen molar-refractivity contribution in [2.75, 3.05) is 23.8 Å². The van der Waals surface area contributed by atoms with Gasteiger partial charge in [0.25, 0.3) is 0 Å². The summed E-state index contributed by atoms with van der Waals surface area (Å²) in [6, 6.07) is 9.02. The van der Waals surface area contributed by atoms with E-state index in [4.69, 9.17) is 15.2 Å². The Morgan fingerprint density at radius 2 is 1.86 bits per heavy atom. The summed E-state index contributed by atoms with van der Waals surface area (Å²) in [6.45, 7) is 0.956. The van der Waals surface area contributed by atoms with Gasteiger partial charge in [-0.1, -0.05) is 35.8 Å². The van der Waals surface area contributed by atoms with E-state index < -0.39 is 0 Å². The number of rotatable bonds is 5. The molecule has 0 radical (unpaired) electrons. The third-order valence-corrected chi connectivity index (χ3v) is 6.33. The van der Waals surface area contributed by atoms with Crippen LogP contribution in [0.1, 0.15) is 43.5 Å². The third-order valence-electron chi connectivity index (χ3n) is 6.33. The molecular formula is C21H24N6O2. The molecule has 2 aromatic heterocycles. The minimum absolute atomic E-state index is 0.0713. The van der Waals surface area contributed by atoms with Crippen LogP contribution in [0.2, 0.25) is 0 Å². The number of benzene rings is 1. The van der Waals surface area contributed by atoms with Crippen molar-refractivity contribution in [2.45, 2.75) is 43.6 Å². The molecule has 0 bridgehead atoms. The molecule has 150 valence electrons. The SMILES string of the molecule is Nc1ncc(-c2ccc(C3(c4noc(N5CCC[C@@H]5CO)n4)CCC3)cc2)cn1. The lowest BCUT2D eigenvalue weighted by atomic mass is 9.64. The van der Waals surface area contributed by atoms with Gasteiger partial charge in [0.2, 0.25) is 5.95 Å². The molecule has 1 saturated heterocycles. The van der Waals surface area contributed by atoms with E-state index in [0.717, 1.165) is 55.6 Å². The van der Waals surface area contributed by atoms with Crippen molar-refractivity contribution in [2.24, 2.45) is 0 Å². The normalized spacial score (nSPS) is 20.6. The Hall–Kier alpha value is -3.00. The van der Waals surface area contributed by atoms with Gasteiger partial charge in [0.1, 0.15) is 0 Å². The van der Waals surface area contributed by atoms with E-state index in [0.29, 0.717) is 6.01 Å². The van der Waals surface area contributed by atoms with Crippen molar-refractivity contribution in [1.82, 2.24) is 20.1 Å². The second kappa shape index (κ2) is 7.11. The predicted molar refractivity (Wildman–Crippen MR) is 108 cm³/mol. The fourth-order valence-electron chi connectivity index (χ4n) is 4.44. The van der Waals surface area contributed by atoms with E-state index >= 15 is 0 Å². The molecule has 2 fully saturated rings. The molecule has 2 aliphatic rings. The summed E-state index contributed by atoms with van der Waals surface area (Å²) in [4.78, 5) is 14.9. The van der Waals surface area contributed by atoms with Crippen molar-refractivity contribution in [3.63, 3.8) is 0 Å². The monoisotopic (exact) mass is 392 g/mol. The highest BCUT2D eigenvalue weighted by Gasteiger charge is 2.45. The molecule has 1 saturated carbocycles. The summed E-state index contributed by atoms with van der Waals surface area (Å²) >= 11 is 0. The van der Waals surface area contributed by atoms with E-state index in [2.05, 4.69) is 39.4 Å². The van der Waals surface area contributed by atoms with E-state index in [-0.39, 0.29) is 24.0 Å². The molecule has 0 unspecified atom stereocenters. The van der Waals surface area contributed by atoms with Crippen LogP contribution in [0.4, 0.5) is 12.0 Å². The third kappa shape index (κ3) is 3.04. The van der Waals surface area contributed by atoms with Crippen LogP contribution in [-0.2, 0) is 5.41 Å². The minimum atomic E-state index is -0.202. The molecule has 5 rings (SSSR count). The maximum absolute atomic E-state index is 9.59. The van der Waals surface area contributed by atoms with Gasteiger partial charge in [-0.05, 0) is 36.8 Å². The first kappa shape index (κ1) is 18.1. The first-order chi connectivity index (χ1) is 14.2. The highest BCUT2D eigenvalue weighted by atomic mass is 16.5. The molecule has 3 N–H and O–H groups in total. The average molecular weight is 392 g/mol. The maximum Gasteiger partial charge on any atom is 0.324 e. The van der Waals surface area contributed by atoms with Gasteiger partial charge >= 0.3 is 6.01 Å². The van der Waals surface area contributed by atoms with Gasteiger partial charge in [-0.2, -0.15) is 4.98 Å². The summed E-state index contributed by atoms with van der Waals surface area (Å²) in [5.41, 5.74) is 8.54. The molecule has 3 heterocycles. The van der Waals surface area contributed by atoms with Gasteiger partial charge in [-0.15, -0.1) is 0 Å². The van der Waals surface area contributed by atoms with Crippen molar-refractivity contribution in [3.8, 4) is 11.1 Å². The molecule has 8 nitrogen and oxygen atoms in total. The second-order valence-corrected chi connectivity index (χ2v) is 7.92. The van der Waals surface area contributed by atoms with Crippen LogP contribution in [0.3, 0.4) is 0 Å². The molecule has 3 aromatic rings. The van der Waals surface area contributed by atoms with Crippen molar-refractivity contribution >= 4 is 12.0 Å². The molecule has 1 aliphatic heterocycles. The van der Waals surface area contributed by atoms with Crippen LogP contribution in [0, 0.1) is 0 Å². The Morgan fingerprint density at radius 1 is 1.10 bits per heavy atom. The number of hydrogen-bond acceptors (Lipinski definition) is 8. The topological polar surface area (TPSA) is 114 Å². The van der Waals surface area contributed by atoms with Crippen LogP contribution in [0.15, 0.2) is 41.2 Å². The first-order valence-electron chi connectivity index (χ1n) is 10.1. The predicted octanol–water partition coefficient (Wildman–Crippen LogP) is 2.54. The quantitative estimate of drug-likeness (QED) is 0.681. The number of nitrogens with two attached hydrogens (primary N) is 1. The lowest BCUT2D eigenvalue weighted by Gasteiger charge is -2.39. The van der Waals surface area contributed by atoms with Crippen LogP contribution >= 0.6 is 0 Å². The number of anilines is 2. The molecule has 1 aliphatic carbocycles. The Balaban J connectivity index is 1.43. The standard InChI is InChI=1S/C21H24N6O2/c22-19-23-11-15(12-24-19)14-4-6-16(7-5-14)21(8-2-9-21)18-25-20(29-26-18)27-10-1-3-17(27)13-28/h4-7,11-12,17,28H,1-3,8-10,13H2,(H2,22,23,24)/t17-/m1/s1. The highest BCUT2D eigenvalue weighted by Crippen LogP contribution is 2.48. The summed E-state index contributed by atoms with van der Waals surface area (Å²) < 4.78 is 5.61. The molecule has 1 atom stereocenters. The number of aliphatic hydroxyl groups excluding tert-OH is 1. The van der Waals surface area contributed by atoms with E-state index in [9.17, 15) is 5.11 Å². The molecule has 1 aromatic carbocycles. The summed E-state index contributed by atoms with van der Waals surface area (Å²) in [5.74, 6) is 1.01. The summed E-state index contributed by atoms with van der Waals surface area (Å²) in [7, 11) is 0. The van der Waals surface area contributed by atoms with Crippen molar-refractivity contribution < 1.29 is 9.63 Å². The Labute approximate surface area is 168 Å². The number of nitrogens with zero attached hydrogens (tertiary/aromatic N) is 5. The second-order valence-electron chi connectivity index (χ2n) is 7.92. The van der Waals surface area contributed by atoms with E-state index in [1.165, 1.54) is 5.56 Å². The molecule has 29 heavy (non-hydrogen) atoms. The van der Waals surface area contributed by atoms with Gasteiger partial charge in [0.15, 0.2) is 5.82 Å².